The minimum atomic E-state index is -2.82. The van der Waals surface area contributed by atoms with E-state index in [0.29, 0.717) is 35.6 Å². The number of rotatable bonds is 5. The Balaban J connectivity index is 1.75. The molecule has 1 aromatic heterocycles. The Morgan fingerprint density at radius 1 is 1.20 bits per heavy atom. The molecule has 0 saturated carbocycles. The molecule has 2 atom stereocenters. The summed E-state index contributed by atoms with van der Waals surface area (Å²) >= 11 is 0. The second-order valence-corrected chi connectivity index (χ2v) is 9.65. The molecule has 4 heterocycles. The van der Waals surface area contributed by atoms with E-state index in [9.17, 15) is 13.6 Å². The van der Waals surface area contributed by atoms with E-state index in [1.54, 1.807) is 18.5 Å². The molecule has 1 amide bonds. The lowest BCUT2D eigenvalue weighted by molar-refractivity contribution is -0.120. The molecule has 2 N–H and O–H groups in total. The zero-order valence-corrected chi connectivity index (χ0v) is 20.0. The molecule has 10 heteroatoms. The highest BCUT2D eigenvalue weighted by Gasteiger charge is 2.55. The van der Waals surface area contributed by atoms with Gasteiger partial charge < -0.3 is 15.5 Å². The summed E-state index contributed by atoms with van der Waals surface area (Å²) in [6.45, 7) is 5.78. The predicted octanol–water partition coefficient (Wildman–Crippen LogP) is 4.36. The largest absolute Gasteiger partial charge is 0.362 e. The van der Waals surface area contributed by atoms with Crippen LogP contribution in [-0.2, 0) is 10.2 Å². The fraction of sp³-hybridized carbons (Fsp3) is 0.400. The van der Waals surface area contributed by atoms with Crippen LogP contribution >= 0.6 is 0 Å². The van der Waals surface area contributed by atoms with Gasteiger partial charge in [0, 0.05) is 48.4 Å². The number of azo groups is 1. The van der Waals surface area contributed by atoms with E-state index in [0.717, 1.165) is 11.3 Å². The molecule has 2 unspecified atom stereocenters. The summed E-state index contributed by atoms with van der Waals surface area (Å²) in [5.74, 6) is 0.219. The van der Waals surface area contributed by atoms with Crippen LogP contribution in [0, 0.1) is 0 Å². The van der Waals surface area contributed by atoms with Crippen LogP contribution in [0.2, 0.25) is 0 Å². The topological polar surface area (TPSA) is 94.9 Å². The molecule has 0 aliphatic carbocycles. The predicted molar refractivity (Wildman–Crippen MR) is 127 cm³/mol. The van der Waals surface area contributed by atoms with Gasteiger partial charge in [-0.15, -0.1) is 0 Å². The first-order valence-electron chi connectivity index (χ1n) is 11.6. The molecule has 2 aromatic rings. The number of fused-ring (bicyclic) bond motifs is 1. The minimum absolute atomic E-state index is 0.276. The fourth-order valence-corrected chi connectivity index (χ4v) is 5.47. The smallest absolute Gasteiger partial charge is 0.282 e. The number of aromatic nitrogens is 2. The van der Waals surface area contributed by atoms with Crippen molar-refractivity contribution in [3.8, 4) is 0 Å². The molecule has 8 nitrogen and oxygen atoms in total. The van der Waals surface area contributed by atoms with Gasteiger partial charge in [-0.1, -0.05) is 19.1 Å². The average molecular weight is 480 g/mol. The highest BCUT2D eigenvalue weighted by atomic mass is 19.3. The van der Waals surface area contributed by atoms with Crippen LogP contribution in [0.5, 0.6) is 0 Å². The van der Waals surface area contributed by atoms with Crippen LogP contribution in [0.25, 0.3) is 0 Å². The van der Waals surface area contributed by atoms with Crippen molar-refractivity contribution in [1.29, 1.82) is 0 Å². The molecule has 0 saturated heterocycles. The Morgan fingerprint density at radius 2 is 1.94 bits per heavy atom. The Morgan fingerprint density at radius 3 is 2.63 bits per heavy atom. The van der Waals surface area contributed by atoms with Crippen molar-refractivity contribution in [3.05, 3.63) is 70.8 Å². The second-order valence-electron chi connectivity index (χ2n) is 9.65. The highest BCUT2D eigenvalue weighted by Crippen LogP contribution is 2.53. The van der Waals surface area contributed by atoms with Crippen LogP contribution in [0.3, 0.4) is 0 Å². The number of anilines is 2. The molecular formula is C25H27F2N7O. The third-order valence-electron chi connectivity index (χ3n) is 6.94. The quantitative estimate of drug-likeness (QED) is 0.665. The number of amides is 1. The lowest BCUT2D eigenvalue weighted by atomic mass is 9.61. The van der Waals surface area contributed by atoms with E-state index in [-0.39, 0.29) is 11.6 Å². The van der Waals surface area contributed by atoms with Crippen molar-refractivity contribution in [1.82, 2.24) is 20.6 Å². The van der Waals surface area contributed by atoms with Gasteiger partial charge in [-0.3, -0.25) is 4.79 Å². The van der Waals surface area contributed by atoms with Crippen molar-refractivity contribution >= 4 is 17.5 Å². The molecule has 1 aromatic carbocycles. The lowest BCUT2D eigenvalue weighted by Gasteiger charge is -2.48. The number of alkyl halides is 2. The molecular weight excluding hydrogens is 452 g/mol. The molecule has 0 radical (unpaired) electrons. The molecule has 3 aliphatic rings. The third-order valence-corrected chi connectivity index (χ3v) is 6.94. The van der Waals surface area contributed by atoms with Gasteiger partial charge in [0.2, 0.25) is 5.95 Å². The van der Waals surface area contributed by atoms with E-state index in [1.807, 2.05) is 57.0 Å². The Kier molecular flexibility index (Phi) is 5.41. The molecule has 182 valence electrons. The maximum absolute atomic E-state index is 14.2. The number of hydrogen-bond acceptors (Lipinski definition) is 7. The van der Waals surface area contributed by atoms with Crippen molar-refractivity contribution in [3.63, 3.8) is 0 Å². The van der Waals surface area contributed by atoms with Crippen LogP contribution in [0.1, 0.15) is 39.2 Å². The molecule has 0 fully saturated rings. The number of nitrogens with zero attached hydrogens (tertiary/aromatic N) is 5. The molecule has 0 bridgehead atoms. The van der Waals surface area contributed by atoms with E-state index in [2.05, 4.69) is 30.8 Å². The summed E-state index contributed by atoms with van der Waals surface area (Å²) < 4.78 is 28.4. The second kappa shape index (κ2) is 8.21. The number of nitrogens with one attached hydrogen (secondary N) is 2. The first-order chi connectivity index (χ1) is 16.7. The highest BCUT2D eigenvalue weighted by molar-refractivity contribution is 6.00. The number of allylic oxidation sites excluding steroid dienone is 1. The van der Waals surface area contributed by atoms with Crippen molar-refractivity contribution in [2.75, 3.05) is 11.9 Å². The zero-order valence-electron chi connectivity index (χ0n) is 20.0. The maximum atomic E-state index is 14.2. The zero-order chi connectivity index (χ0) is 25.0. The summed E-state index contributed by atoms with van der Waals surface area (Å²) in [6.07, 6.45) is 0.638. The number of carbonyl (C=O) groups is 1. The standard InChI is InChI=1S/C25H27F2N7O/c1-5-25(14-8-6-9-15(12-14)34(4)23-28-10-7-11-29-23)17-16(13-24(2,3)31-22(17)35)30-21-18(25)19(20(26)27)32-33-21/h6-12,20-21,30H,5,13H2,1-4H3,(H,31,35). The van der Waals surface area contributed by atoms with E-state index >= 15 is 0 Å². The fourth-order valence-electron chi connectivity index (χ4n) is 5.47. The molecule has 5 rings (SSSR count). The maximum Gasteiger partial charge on any atom is 0.282 e. The van der Waals surface area contributed by atoms with Gasteiger partial charge in [0.05, 0.1) is 11.0 Å². The van der Waals surface area contributed by atoms with Gasteiger partial charge in [0.1, 0.15) is 5.70 Å². The summed E-state index contributed by atoms with van der Waals surface area (Å²) in [5.41, 5.74) is 0.988. The normalized spacial score (nSPS) is 24.8. The summed E-state index contributed by atoms with van der Waals surface area (Å²) in [4.78, 5) is 24.0. The van der Waals surface area contributed by atoms with Crippen molar-refractivity contribution in [2.45, 2.75) is 57.2 Å². The Labute approximate surface area is 202 Å². The average Bonchev–Trinajstić information content (AvgIpc) is 3.26. The number of carbonyl (C=O) groups excluding carboxylic acids is 1. The van der Waals surface area contributed by atoms with Crippen LogP contribution in [0.4, 0.5) is 20.4 Å². The Hall–Kier alpha value is -3.69. The molecule has 35 heavy (non-hydrogen) atoms. The number of halogens is 2. The first kappa shape index (κ1) is 23.1. The van der Waals surface area contributed by atoms with Gasteiger partial charge in [-0.25, -0.2) is 18.7 Å². The van der Waals surface area contributed by atoms with Gasteiger partial charge >= 0.3 is 0 Å². The summed E-state index contributed by atoms with van der Waals surface area (Å²) in [7, 11) is 1.84. The van der Waals surface area contributed by atoms with Gasteiger partial charge in [-0.2, -0.15) is 10.2 Å². The van der Waals surface area contributed by atoms with Gasteiger partial charge in [0.15, 0.2) is 6.17 Å². The molecule has 3 aliphatic heterocycles. The van der Waals surface area contributed by atoms with Crippen LogP contribution < -0.4 is 15.5 Å². The SMILES string of the molecule is CCC1(c2cccc(N(C)c3ncccn3)c2)C2=C(CC(C)(C)NC2=O)NC2N=NC(C(F)F)=C21. The number of hydrogen-bond donors (Lipinski definition) is 2. The van der Waals surface area contributed by atoms with Gasteiger partial charge in [0.25, 0.3) is 12.3 Å². The van der Waals surface area contributed by atoms with E-state index in [1.165, 1.54) is 0 Å². The van der Waals surface area contributed by atoms with Crippen molar-refractivity contribution < 1.29 is 13.6 Å². The number of benzene rings is 1. The van der Waals surface area contributed by atoms with E-state index in [4.69, 9.17) is 0 Å². The summed E-state index contributed by atoms with van der Waals surface area (Å²) in [5, 5.41) is 14.3. The monoisotopic (exact) mass is 479 g/mol. The third kappa shape index (κ3) is 3.59. The van der Waals surface area contributed by atoms with E-state index < -0.39 is 23.5 Å². The molecule has 0 spiro atoms. The van der Waals surface area contributed by atoms with Crippen LogP contribution in [0.15, 0.2) is 75.5 Å². The minimum Gasteiger partial charge on any atom is -0.362 e. The first-order valence-corrected chi connectivity index (χ1v) is 11.6. The van der Waals surface area contributed by atoms with Crippen LogP contribution in [-0.4, -0.2) is 41.1 Å². The summed E-state index contributed by atoms with van der Waals surface area (Å²) in [6, 6.07) is 9.27. The van der Waals surface area contributed by atoms with Crippen molar-refractivity contribution in [2.24, 2.45) is 10.2 Å². The lowest BCUT2D eigenvalue weighted by Crippen LogP contribution is -2.58. The van der Waals surface area contributed by atoms with Gasteiger partial charge in [-0.05, 0) is 44.0 Å². The Bertz CT molecular complexity index is 1270.